The second kappa shape index (κ2) is 7.00. The molecule has 0 heterocycles. The van der Waals surface area contributed by atoms with E-state index in [1.807, 2.05) is 36.4 Å². The van der Waals surface area contributed by atoms with Crippen LogP contribution >= 0.6 is 0 Å². The summed E-state index contributed by atoms with van der Waals surface area (Å²) in [5.41, 5.74) is 0.401. The molecule has 0 amide bonds. The Hall–Kier alpha value is -3.41. The van der Waals surface area contributed by atoms with Crippen LogP contribution in [0.3, 0.4) is 0 Å². The zero-order valence-electron chi connectivity index (χ0n) is 13.5. The van der Waals surface area contributed by atoms with Gasteiger partial charge in [-0.1, -0.05) is 30.3 Å². The monoisotopic (exact) mass is 337 g/mol. The molecule has 0 saturated heterocycles. The lowest BCUT2D eigenvalue weighted by Crippen LogP contribution is -2.17. The number of fused-ring (bicyclic) bond motifs is 1. The predicted molar refractivity (Wildman–Crippen MR) is 92.9 cm³/mol. The first-order valence-corrected chi connectivity index (χ1v) is 7.60. The highest BCUT2D eigenvalue weighted by Gasteiger charge is 2.13. The van der Waals surface area contributed by atoms with Gasteiger partial charge in [0, 0.05) is 11.6 Å². The number of carbonyl (C=O) groups excluding carboxylic acids is 1. The maximum atomic E-state index is 11.9. The molecule has 6 heteroatoms. The maximum absolute atomic E-state index is 11.9. The molecule has 0 N–H and O–H groups in total. The van der Waals surface area contributed by atoms with Crippen molar-refractivity contribution in [3.8, 4) is 11.5 Å². The summed E-state index contributed by atoms with van der Waals surface area (Å²) >= 11 is 0. The van der Waals surface area contributed by atoms with E-state index >= 15 is 0 Å². The minimum atomic E-state index is -0.582. The number of benzene rings is 3. The Morgan fingerprint density at radius 1 is 1.00 bits per heavy atom. The van der Waals surface area contributed by atoms with Gasteiger partial charge in [0.15, 0.2) is 6.61 Å². The second-order valence-corrected chi connectivity index (χ2v) is 5.48. The van der Waals surface area contributed by atoms with E-state index in [1.54, 1.807) is 13.0 Å². The number of rotatable bonds is 5. The summed E-state index contributed by atoms with van der Waals surface area (Å²) in [5, 5.41) is 12.9. The smallest absolute Gasteiger partial charge is 0.349 e. The molecule has 0 atom stereocenters. The molecule has 0 saturated carbocycles. The minimum Gasteiger partial charge on any atom is -0.482 e. The lowest BCUT2D eigenvalue weighted by atomic mass is 10.1. The van der Waals surface area contributed by atoms with Gasteiger partial charge in [-0.2, -0.15) is 0 Å². The van der Waals surface area contributed by atoms with Crippen LogP contribution in [0.2, 0.25) is 0 Å². The minimum absolute atomic E-state index is 0.0211. The number of carbonyl (C=O) groups is 1. The quantitative estimate of drug-likeness (QED) is 0.304. The lowest BCUT2D eigenvalue weighted by molar-refractivity contribution is -0.385. The average Bonchev–Trinajstić information content (AvgIpc) is 2.59. The Labute approximate surface area is 143 Å². The van der Waals surface area contributed by atoms with E-state index in [4.69, 9.17) is 9.47 Å². The highest BCUT2D eigenvalue weighted by atomic mass is 16.6. The fourth-order valence-corrected chi connectivity index (χ4v) is 2.46. The molecule has 0 spiro atoms. The molecular formula is C19H15NO5. The highest BCUT2D eigenvalue weighted by Crippen LogP contribution is 2.23. The molecule has 6 nitrogen and oxygen atoms in total. The van der Waals surface area contributed by atoms with Crippen molar-refractivity contribution < 1.29 is 19.2 Å². The fourth-order valence-electron chi connectivity index (χ4n) is 2.46. The van der Waals surface area contributed by atoms with Crippen molar-refractivity contribution in [2.24, 2.45) is 0 Å². The van der Waals surface area contributed by atoms with Gasteiger partial charge in [0.1, 0.15) is 11.5 Å². The molecule has 0 aromatic heterocycles. The molecule has 0 bridgehead atoms. The van der Waals surface area contributed by atoms with Crippen LogP contribution in [-0.2, 0) is 4.79 Å². The van der Waals surface area contributed by atoms with Crippen LogP contribution in [0.15, 0.2) is 60.7 Å². The van der Waals surface area contributed by atoms with Gasteiger partial charge < -0.3 is 9.47 Å². The van der Waals surface area contributed by atoms with Crippen LogP contribution in [0.5, 0.6) is 11.5 Å². The molecule has 126 valence electrons. The summed E-state index contributed by atoms with van der Waals surface area (Å²) in [4.78, 5) is 22.2. The number of hydrogen-bond donors (Lipinski definition) is 0. The lowest BCUT2D eigenvalue weighted by Gasteiger charge is -2.08. The zero-order chi connectivity index (χ0) is 17.8. The first-order valence-electron chi connectivity index (χ1n) is 7.60. The molecule has 3 rings (SSSR count). The van der Waals surface area contributed by atoms with E-state index in [1.165, 1.54) is 18.2 Å². The van der Waals surface area contributed by atoms with E-state index in [0.717, 1.165) is 10.8 Å². The fraction of sp³-hybridized carbons (Fsp3) is 0.105. The Morgan fingerprint density at radius 2 is 1.72 bits per heavy atom. The van der Waals surface area contributed by atoms with Crippen LogP contribution < -0.4 is 9.47 Å². The number of nitro benzene ring substituents is 1. The van der Waals surface area contributed by atoms with Crippen molar-refractivity contribution >= 4 is 22.4 Å². The molecular weight excluding hydrogens is 322 g/mol. The molecule has 3 aromatic carbocycles. The van der Waals surface area contributed by atoms with Gasteiger partial charge in [0.05, 0.1) is 4.92 Å². The van der Waals surface area contributed by atoms with Crippen molar-refractivity contribution in [1.82, 2.24) is 0 Å². The maximum Gasteiger partial charge on any atom is 0.349 e. The standard InChI is InChI=1S/C19H15NO5/c1-13-10-17(8-9-18(13)20(22)23)25-19(21)12-24-16-7-6-14-4-2-3-5-15(14)11-16/h2-11H,12H2,1H3. The molecule has 25 heavy (non-hydrogen) atoms. The number of nitrogens with zero attached hydrogens (tertiary/aromatic N) is 1. The van der Waals surface area contributed by atoms with Crippen LogP contribution in [0.1, 0.15) is 5.56 Å². The van der Waals surface area contributed by atoms with E-state index in [0.29, 0.717) is 11.3 Å². The molecule has 0 aliphatic carbocycles. The van der Waals surface area contributed by atoms with Gasteiger partial charge >= 0.3 is 5.97 Å². The summed E-state index contributed by atoms with van der Waals surface area (Å²) < 4.78 is 10.6. The van der Waals surface area contributed by atoms with Crippen LogP contribution in [0, 0.1) is 17.0 Å². The van der Waals surface area contributed by atoms with Crippen molar-refractivity contribution in [3.63, 3.8) is 0 Å². The van der Waals surface area contributed by atoms with E-state index in [9.17, 15) is 14.9 Å². The molecule has 0 fully saturated rings. The van der Waals surface area contributed by atoms with Gasteiger partial charge in [0.2, 0.25) is 0 Å². The topological polar surface area (TPSA) is 78.7 Å². The summed E-state index contributed by atoms with van der Waals surface area (Å²) in [6.07, 6.45) is 0. The molecule has 0 aliphatic heterocycles. The third kappa shape index (κ3) is 3.92. The van der Waals surface area contributed by atoms with Crippen molar-refractivity contribution in [3.05, 3.63) is 76.3 Å². The third-order valence-corrected chi connectivity index (χ3v) is 3.67. The number of hydrogen-bond acceptors (Lipinski definition) is 5. The molecule has 0 radical (unpaired) electrons. The number of esters is 1. The Balaban J connectivity index is 1.62. The Bertz CT molecular complexity index is 951. The van der Waals surface area contributed by atoms with E-state index in [-0.39, 0.29) is 18.0 Å². The highest BCUT2D eigenvalue weighted by molar-refractivity contribution is 5.83. The van der Waals surface area contributed by atoms with Gasteiger partial charge in [-0.05, 0) is 42.0 Å². The first kappa shape index (κ1) is 16.4. The summed E-state index contributed by atoms with van der Waals surface area (Å²) in [7, 11) is 0. The summed E-state index contributed by atoms with van der Waals surface area (Å²) in [6.45, 7) is 1.33. The summed E-state index contributed by atoms with van der Waals surface area (Å²) in [5.74, 6) is 0.229. The molecule has 0 aliphatic rings. The number of nitro groups is 1. The third-order valence-electron chi connectivity index (χ3n) is 3.67. The molecule has 3 aromatic rings. The number of ether oxygens (including phenoxy) is 2. The van der Waals surface area contributed by atoms with Crippen LogP contribution in [0.4, 0.5) is 5.69 Å². The van der Waals surface area contributed by atoms with E-state index in [2.05, 4.69) is 0 Å². The largest absolute Gasteiger partial charge is 0.482 e. The van der Waals surface area contributed by atoms with Gasteiger partial charge in [-0.3, -0.25) is 10.1 Å². The number of aryl methyl sites for hydroxylation is 1. The summed E-state index contributed by atoms with van der Waals surface area (Å²) in [6, 6.07) is 17.5. The van der Waals surface area contributed by atoms with Gasteiger partial charge in [-0.15, -0.1) is 0 Å². The van der Waals surface area contributed by atoms with Gasteiger partial charge in [0.25, 0.3) is 5.69 Å². The Morgan fingerprint density at radius 3 is 2.44 bits per heavy atom. The SMILES string of the molecule is Cc1cc(OC(=O)COc2ccc3ccccc3c2)ccc1[N+](=O)[O-]. The van der Waals surface area contributed by atoms with Crippen LogP contribution in [-0.4, -0.2) is 17.5 Å². The zero-order valence-corrected chi connectivity index (χ0v) is 13.5. The molecule has 0 unspecified atom stereocenters. The predicted octanol–water partition coefficient (Wildman–Crippen LogP) is 4.04. The first-order chi connectivity index (χ1) is 12.0. The van der Waals surface area contributed by atoms with E-state index < -0.39 is 10.9 Å². The normalized spacial score (nSPS) is 10.4. The second-order valence-electron chi connectivity index (χ2n) is 5.48. The Kier molecular flexibility index (Phi) is 4.61. The van der Waals surface area contributed by atoms with Gasteiger partial charge in [-0.25, -0.2) is 4.79 Å². The van der Waals surface area contributed by atoms with Crippen molar-refractivity contribution in [2.45, 2.75) is 6.92 Å². The average molecular weight is 337 g/mol. The van der Waals surface area contributed by atoms with Crippen LogP contribution in [0.25, 0.3) is 10.8 Å². The van der Waals surface area contributed by atoms with Crippen molar-refractivity contribution in [1.29, 1.82) is 0 Å². The van der Waals surface area contributed by atoms with Crippen molar-refractivity contribution in [2.75, 3.05) is 6.61 Å².